The molecule has 2 atom stereocenters. The van der Waals surface area contributed by atoms with Crippen LogP contribution >= 0.6 is 11.6 Å². The van der Waals surface area contributed by atoms with Crippen molar-refractivity contribution in [2.45, 2.75) is 38.3 Å². The molecule has 3 N–H and O–H groups in total. The Balaban J connectivity index is 1.80. The van der Waals surface area contributed by atoms with Crippen LogP contribution < -0.4 is 15.5 Å². The van der Waals surface area contributed by atoms with Crippen LogP contribution in [-0.2, 0) is 0 Å². The highest BCUT2D eigenvalue weighted by Gasteiger charge is 2.24. The summed E-state index contributed by atoms with van der Waals surface area (Å²) in [5, 5.41) is 15.6. The number of hydrogen-bond donors (Lipinski definition) is 3. The predicted molar refractivity (Wildman–Crippen MR) is 89.5 cm³/mol. The molecular formula is C16H24ClN3O2. The van der Waals surface area contributed by atoms with E-state index in [4.69, 9.17) is 16.7 Å². The molecule has 2 amide bonds. The zero-order chi connectivity index (χ0) is 15.9. The van der Waals surface area contributed by atoms with Crippen LogP contribution in [0.2, 0.25) is 5.02 Å². The van der Waals surface area contributed by atoms with Crippen molar-refractivity contribution in [3.05, 3.63) is 29.3 Å². The second-order valence-electron chi connectivity index (χ2n) is 5.64. The number of urea groups is 1. The molecular weight excluding hydrogens is 302 g/mol. The first-order valence-electron chi connectivity index (χ1n) is 7.80. The van der Waals surface area contributed by atoms with Gasteiger partial charge in [-0.2, -0.15) is 0 Å². The maximum Gasteiger partial charge on any atom is 0.315 e. The molecule has 1 saturated heterocycles. The van der Waals surface area contributed by atoms with Crippen molar-refractivity contribution in [2.75, 3.05) is 24.6 Å². The lowest BCUT2D eigenvalue weighted by molar-refractivity contribution is 0.225. The first-order valence-corrected chi connectivity index (χ1v) is 8.18. The maximum atomic E-state index is 12.0. The lowest BCUT2D eigenvalue weighted by Crippen LogP contribution is -2.47. The zero-order valence-electron chi connectivity index (χ0n) is 12.9. The van der Waals surface area contributed by atoms with Crippen LogP contribution in [0.3, 0.4) is 0 Å². The normalized spacial score (nSPS) is 19.0. The molecule has 0 spiro atoms. The highest BCUT2D eigenvalue weighted by molar-refractivity contribution is 6.30. The lowest BCUT2D eigenvalue weighted by atomic mass is 10.1. The standard InChI is InChI=1S/C16H24ClN3O2/c1-2-13(8-10-21)18-16(22)19-14-7-9-20(11-14)15-5-3-12(17)4-6-15/h3-6,13-14,21H,2,7-11H2,1H3,(H2,18,19,22). The maximum absolute atomic E-state index is 12.0. The van der Waals surface area contributed by atoms with Crippen molar-refractivity contribution in [3.8, 4) is 0 Å². The number of hydrogen-bond acceptors (Lipinski definition) is 3. The van der Waals surface area contributed by atoms with E-state index in [9.17, 15) is 4.79 Å². The van der Waals surface area contributed by atoms with Crippen molar-refractivity contribution in [3.63, 3.8) is 0 Å². The molecule has 0 aliphatic carbocycles. The molecule has 122 valence electrons. The van der Waals surface area contributed by atoms with Crippen molar-refractivity contribution in [1.29, 1.82) is 0 Å². The predicted octanol–water partition coefficient (Wildman–Crippen LogP) is 2.38. The van der Waals surface area contributed by atoms with Crippen LogP contribution in [0, 0.1) is 0 Å². The summed E-state index contributed by atoms with van der Waals surface area (Å²) in [7, 11) is 0. The third-order valence-electron chi connectivity index (χ3n) is 4.02. The van der Waals surface area contributed by atoms with Gasteiger partial charge in [0.25, 0.3) is 0 Å². The van der Waals surface area contributed by atoms with Crippen LogP contribution in [-0.4, -0.2) is 42.9 Å². The number of carbonyl (C=O) groups is 1. The van der Waals surface area contributed by atoms with Gasteiger partial charge in [0.1, 0.15) is 0 Å². The highest BCUT2D eigenvalue weighted by Crippen LogP contribution is 2.22. The minimum atomic E-state index is -0.150. The third kappa shape index (κ3) is 4.78. The Hall–Kier alpha value is -1.46. The molecule has 1 aliphatic heterocycles. The van der Waals surface area contributed by atoms with Gasteiger partial charge in [0, 0.05) is 42.5 Å². The first-order chi connectivity index (χ1) is 10.6. The summed E-state index contributed by atoms with van der Waals surface area (Å²) < 4.78 is 0. The van der Waals surface area contributed by atoms with Gasteiger partial charge in [-0.15, -0.1) is 0 Å². The minimum absolute atomic E-state index is 0.0266. The molecule has 1 heterocycles. The fourth-order valence-electron chi connectivity index (χ4n) is 2.71. The first kappa shape index (κ1) is 16.9. The summed E-state index contributed by atoms with van der Waals surface area (Å²) >= 11 is 5.90. The molecule has 5 nitrogen and oxygen atoms in total. The van der Waals surface area contributed by atoms with E-state index >= 15 is 0 Å². The fourth-order valence-corrected chi connectivity index (χ4v) is 2.84. The summed E-state index contributed by atoms with van der Waals surface area (Å²) in [5.74, 6) is 0. The third-order valence-corrected chi connectivity index (χ3v) is 4.27. The van der Waals surface area contributed by atoms with E-state index in [1.165, 1.54) is 0 Å². The fraction of sp³-hybridized carbons (Fsp3) is 0.562. The summed E-state index contributed by atoms with van der Waals surface area (Å²) in [6.07, 6.45) is 2.33. The number of benzene rings is 1. The van der Waals surface area contributed by atoms with Gasteiger partial charge in [-0.05, 0) is 43.5 Å². The summed E-state index contributed by atoms with van der Waals surface area (Å²) in [4.78, 5) is 14.2. The number of nitrogens with zero attached hydrogens (tertiary/aromatic N) is 1. The highest BCUT2D eigenvalue weighted by atomic mass is 35.5. The summed E-state index contributed by atoms with van der Waals surface area (Å²) in [6.45, 7) is 3.80. The SMILES string of the molecule is CCC(CCO)NC(=O)NC1CCN(c2ccc(Cl)cc2)C1. The second kappa shape index (κ2) is 8.25. The van der Waals surface area contributed by atoms with Crippen LogP contribution in [0.1, 0.15) is 26.2 Å². The minimum Gasteiger partial charge on any atom is -0.396 e. The average Bonchev–Trinajstić information content (AvgIpc) is 2.95. The van der Waals surface area contributed by atoms with E-state index in [2.05, 4.69) is 15.5 Å². The van der Waals surface area contributed by atoms with E-state index < -0.39 is 0 Å². The van der Waals surface area contributed by atoms with E-state index in [0.29, 0.717) is 6.42 Å². The number of amides is 2. The molecule has 1 aromatic carbocycles. The molecule has 22 heavy (non-hydrogen) atoms. The Morgan fingerprint density at radius 1 is 1.45 bits per heavy atom. The Morgan fingerprint density at radius 2 is 2.18 bits per heavy atom. The molecule has 2 unspecified atom stereocenters. The van der Waals surface area contributed by atoms with Gasteiger partial charge >= 0.3 is 6.03 Å². The molecule has 1 aromatic rings. The van der Waals surface area contributed by atoms with Crippen LogP contribution in [0.4, 0.5) is 10.5 Å². The van der Waals surface area contributed by atoms with Crippen molar-refractivity contribution < 1.29 is 9.90 Å². The number of aliphatic hydroxyl groups excluding tert-OH is 1. The van der Waals surface area contributed by atoms with Gasteiger partial charge in [-0.3, -0.25) is 0 Å². The van der Waals surface area contributed by atoms with E-state index in [1.54, 1.807) is 0 Å². The largest absolute Gasteiger partial charge is 0.396 e. The zero-order valence-corrected chi connectivity index (χ0v) is 13.6. The number of aliphatic hydroxyl groups is 1. The van der Waals surface area contributed by atoms with Gasteiger partial charge in [-0.25, -0.2) is 4.79 Å². The Morgan fingerprint density at radius 3 is 2.82 bits per heavy atom. The second-order valence-corrected chi connectivity index (χ2v) is 6.08. The molecule has 0 saturated carbocycles. The van der Waals surface area contributed by atoms with E-state index in [0.717, 1.165) is 36.6 Å². The van der Waals surface area contributed by atoms with Crippen molar-refractivity contribution in [1.82, 2.24) is 10.6 Å². The van der Waals surface area contributed by atoms with Gasteiger partial charge in [0.2, 0.25) is 0 Å². The number of anilines is 1. The average molecular weight is 326 g/mol. The molecule has 0 bridgehead atoms. The van der Waals surface area contributed by atoms with Crippen LogP contribution in [0.25, 0.3) is 0 Å². The van der Waals surface area contributed by atoms with Crippen LogP contribution in [0.15, 0.2) is 24.3 Å². The lowest BCUT2D eigenvalue weighted by Gasteiger charge is -2.21. The van der Waals surface area contributed by atoms with Gasteiger partial charge < -0.3 is 20.6 Å². The monoisotopic (exact) mass is 325 g/mol. The Labute approximate surface area is 136 Å². The summed E-state index contributed by atoms with van der Waals surface area (Å²) in [5.41, 5.74) is 1.13. The van der Waals surface area contributed by atoms with E-state index in [1.807, 2.05) is 31.2 Å². The quantitative estimate of drug-likeness (QED) is 0.752. The topological polar surface area (TPSA) is 64.6 Å². The molecule has 2 rings (SSSR count). The number of rotatable bonds is 6. The number of nitrogens with one attached hydrogen (secondary N) is 2. The molecule has 6 heteroatoms. The smallest absolute Gasteiger partial charge is 0.315 e. The van der Waals surface area contributed by atoms with Gasteiger partial charge in [-0.1, -0.05) is 18.5 Å². The summed E-state index contributed by atoms with van der Waals surface area (Å²) in [6, 6.07) is 7.78. The van der Waals surface area contributed by atoms with Crippen molar-refractivity contribution in [2.24, 2.45) is 0 Å². The molecule has 1 fully saturated rings. The van der Waals surface area contributed by atoms with E-state index in [-0.39, 0.29) is 24.7 Å². The Bertz CT molecular complexity index is 481. The number of carbonyl (C=O) groups excluding carboxylic acids is 1. The number of halogens is 1. The van der Waals surface area contributed by atoms with Gasteiger partial charge in [0.05, 0.1) is 0 Å². The molecule has 0 radical (unpaired) electrons. The molecule has 0 aromatic heterocycles. The van der Waals surface area contributed by atoms with Gasteiger partial charge in [0.15, 0.2) is 0 Å². The molecule has 1 aliphatic rings. The Kier molecular flexibility index (Phi) is 6.34. The van der Waals surface area contributed by atoms with Crippen molar-refractivity contribution >= 4 is 23.3 Å². The van der Waals surface area contributed by atoms with Crippen LogP contribution in [0.5, 0.6) is 0 Å².